The Kier molecular flexibility index (Phi) is 7.31. The molecule has 136 valence electrons. The standard InChI is InChI=1S/C19H25N3O2.HI/c1-14-6-7-17(15(2)11-14)18-13-22(8-10-24-18)19(20-3)21-12-16-5-4-9-23-16;/h4-7,9,11,18H,8,10,12-13H2,1-3H3,(H,20,21);1H. The number of guanidine groups is 1. The van der Waals surface area contributed by atoms with E-state index in [9.17, 15) is 0 Å². The molecule has 2 aromatic rings. The van der Waals surface area contributed by atoms with Gasteiger partial charge in [0, 0.05) is 13.6 Å². The summed E-state index contributed by atoms with van der Waals surface area (Å²) in [6.07, 6.45) is 1.76. The van der Waals surface area contributed by atoms with Gasteiger partial charge in [0.1, 0.15) is 11.9 Å². The number of furan rings is 1. The summed E-state index contributed by atoms with van der Waals surface area (Å²) >= 11 is 0. The average molecular weight is 455 g/mol. The highest BCUT2D eigenvalue weighted by Gasteiger charge is 2.25. The number of nitrogens with one attached hydrogen (secondary N) is 1. The predicted molar refractivity (Wildman–Crippen MR) is 111 cm³/mol. The van der Waals surface area contributed by atoms with Gasteiger partial charge in [0.05, 0.1) is 26.0 Å². The van der Waals surface area contributed by atoms with Crippen molar-refractivity contribution in [3.8, 4) is 0 Å². The molecule has 0 saturated carbocycles. The maximum atomic E-state index is 6.02. The lowest BCUT2D eigenvalue weighted by molar-refractivity contribution is -0.00836. The second-order valence-electron chi connectivity index (χ2n) is 6.15. The van der Waals surface area contributed by atoms with E-state index in [2.05, 4.69) is 47.3 Å². The van der Waals surface area contributed by atoms with Crippen LogP contribution in [0.25, 0.3) is 0 Å². The first-order valence-corrected chi connectivity index (χ1v) is 8.34. The fraction of sp³-hybridized carbons (Fsp3) is 0.421. The van der Waals surface area contributed by atoms with Gasteiger partial charge in [-0.05, 0) is 37.1 Å². The van der Waals surface area contributed by atoms with Crippen molar-refractivity contribution in [2.45, 2.75) is 26.5 Å². The van der Waals surface area contributed by atoms with Crippen LogP contribution in [0.15, 0.2) is 46.0 Å². The first-order chi connectivity index (χ1) is 11.7. The second kappa shape index (κ2) is 9.24. The third kappa shape index (κ3) is 4.98. The Balaban J connectivity index is 0.00000225. The van der Waals surface area contributed by atoms with Crippen LogP contribution in [-0.4, -0.2) is 37.6 Å². The molecule has 1 fully saturated rings. The number of benzene rings is 1. The molecule has 1 aliphatic heterocycles. The van der Waals surface area contributed by atoms with Gasteiger partial charge in [-0.15, -0.1) is 24.0 Å². The van der Waals surface area contributed by atoms with Crippen LogP contribution in [0.3, 0.4) is 0 Å². The molecule has 1 atom stereocenters. The van der Waals surface area contributed by atoms with Gasteiger partial charge in [0.2, 0.25) is 0 Å². The smallest absolute Gasteiger partial charge is 0.194 e. The van der Waals surface area contributed by atoms with E-state index in [0.29, 0.717) is 13.2 Å². The summed E-state index contributed by atoms with van der Waals surface area (Å²) in [6.45, 7) is 7.21. The molecule has 1 aromatic heterocycles. The maximum Gasteiger partial charge on any atom is 0.194 e. The van der Waals surface area contributed by atoms with Crippen LogP contribution < -0.4 is 5.32 Å². The van der Waals surface area contributed by atoms with Gasteiger partial charge in [0.15, 0.2) is 5.96 Å². The molecule has 25 heavy (non-hydrogen) atoms. The molecular formula is C19H26IN3O2. The van der Waals surface area contributed by atoms with Crippen molar-refractivity contribution >= 4 is 29.9 Å². The minimum Gasteiger partial charge on any atom is -0.467 e. The van der Waals surface area contributed by atoms with E-state index >= 15 is 0 Å². The Bertz CT molecular complexity index is 701. The van der Waals surface area contributed by atoms with Crippen LogP contribution >= 0.6 is 24.0 Å². The van der Waals surface area contributed by atoms with Crippen molar-refractivity contribution in [1.29, 1.82) is 0 Å². The Morgan fingerprint density at radius 1 is 1.32 bits per heavy atom. The molecule has 6 heteroatoms. The average Bonchev–Trinajstić information content (AvgIpc) is 3.09. The molecule has 0 bridgehead atoms. The number of rotatable bonds is 3. The molecule has 0 amide bonds. The molecule has 0 aliphatic carbocycles. The molecule has 0 radical (unpaired) electrons. The molecular weight excluding hydrogens is 429 g/mol. The Morgan fingerprint density at radius 2 is 2.16 bits per heavy atom. The number of nitrogens with zero attached hydrogens (tertiary/aromatic N) is 2. The summed E-state index contributed by atoms with van der Waals surface area (Å²) < 4.78 is 11.4. The molecule has 1 N–H and O–H groups in total. The van der Waals surface area contributed by atoms with E-state index in [1.165, 1.54) is 16.7 Å². The Morgan fingerprint density at radius 3 is 2.84 bits per heavy atom. The van der Waals surface area contributed by atoms with Gasteiger partial charge in [-0.2, -0.15) is 0 Å². The van der Waals surface area contributed by atoms with Gasteiger partial charge in [-0.25, -0.2) is 0 Å². The van der Waals surface area contributed by atoms with Gasteiger partial charge in [0.25, 0.3) is 0 Å². The minimum absolute atomic E-state index is 0. The van der Waals surface area contributed by atoms with Crippen LogP contribution in [0.4, 0.5) is 0 Å². The first kappa shape index (κ1) is 19.8. The number of aliphatic imine (C=N–C) groups is 1. The molecule has 0 spiro atoms. The van der Waals surface area contributed by atoms with Gasteiger partial charge >= 0.3 is 0 Å². The van der Waals surface area contributed by atoms with Crippen molar-refractivity contribution < 1.29 is 9.15 Å². The number of aryl methyl sites for hydroxylation is 2. The molecule has 1 saturated heterocycles. The number of hydrogen-bond acceptors (Lipinski definition) is 3. The zero-order valence-electron chi connectivity index (χ0n) is 15.0. The summed E-state index contributed by atoms with van der Waals surface area (Å²) in [7, 11) is 1.81. The van der Waals surface area contributed by atoms with Crippen LogP contribution in [0, 0.1) is 13.8 Å². The van der Waals surface area contributed by atoms with Crippen LogP contribution in [0.2, 0.25) is 0 Å². The van der Waals surface area contributed by atoms with E-state index in [1.807, 2.05) is 19.2 Å². The monoisotopic (exact) mass is 455 g/mol. The zero-order valence-corrected chi connectivity index (χ0v) is 17.3. The topological polar surface area (TPSA) is 50.0 Å². The fourth-order valence-corrected chi connectivity index (χ4v) is 3.13. The lowest BCUT2D eigenvalue weighted by atomic mass is 10.00. The Hall–Kier alpha value is -1.54. The van der Waals surface area contributed by atoms with E-state index in [1.54, 1.807) is 6.26 Å². The summed E-state index contributed by atoms with van der Waals surface area (Å²) in [5.41, 5.74) is 3.81. The third-order valence-corrected chi connectivity index (χ3v) is 4.35. The zero-order chi connectivity index (χ0) is 16.9. The third-order valence-electron chi connectivity index (χ3n) is 4.35. The van der Waals surface area contributed by atoms with Crippen molar-refractivity contribution in [3.63, 3.8) is 0 Å². The van der Waals surface area contributed by atoms with E-state index in [-0.39, 0.29) is 30.1 Å². The maximum absolute atomic E-state index is 6.02. The van der Waals surface area contributed by atoms with Crippen molar-refractivity contribution in [1.82, 2.24) is 10.2 Å². The summed E-state index contributed by atoms with van der Waals surface area (Å²) in [6, 6.07) is 10.4. The molecule has 1 unspecified atom stereocenters. The minimum atomic E-state index is 0. The summed E-state index contributed by atoms with van der Waals surface area (Å²) in [5, 5.41) is 3.36. The second-order valence-corrected chi connectivity index (χ2v) is 6.15. The Labute approximate surface area is 166 Å². The van der Waals surface area contributed by atoms with Crippen LogP contribution in [0.1, 0.15) is 28.6 Å². The summed E-state index contributed by atoms with van der Waals surface area (Å²) in [4.78, 5) is 6.66. The molecule has 5 nitrogen and oxygen atoms in total. The van der Waals surface area contributed by atoms with Gasteiger partial charge in [-0.1, -0.05) is 23.8 Å². The fourth-order valence-electron chi connectivity index (χ4n) is 3.13. The van der Waals surface area contributed by atoms with Crippen molar-refractivity contribution in [2.24, 2.45) is 4.99 Å². The predicted octanol–water partition coefficient (Wildman–Crippen LogP) is 3.66. The first-order valence-electron chi connectivity index (χ1n) is 8.34. The van der Waals surface area contributed by atoms with E-state index < -0.39 is 0 Å². The highest BCUT2D eigenvalue weighted by atomic mass is 127. The number of hydrogen-bond donors (Lipinski definition) is 1. The molecule has 3 rings (SSSR count). The molecule has 2 heterocycles. The normalized spacial score (nSPS) is 18.0. The molecule has 1 aliphatic rings. The lowest BCUT2D eigenvalue weighted by Gasteiger charge is -2.35. The number of morpholine rings is 1. The SMILES string of the molecule is CN=C(NCc1ccco1)N1CCOC(c2ccc(C)cc2C)C1.I. The lowest BCUT2D eigenvalue weighted by Crippen LogP contribution is -2.48. The number of ether oxygens (including phenoxy) is 1. The van der Waals surface area contributed by atoms with Gasteiger partial charge in [-0.3, -0.25) is 4.99 Å². The largest absolute Gasteiger partial charge is 0.467 e. The highest BCUT2D eigenvalue weighted by Crippen LogP contribution is 2.25. The van der Waals surface area contributed by atoms with E-state index in [0.717, 1.165) is 24.8 Å². The molecule has 1 aromatic carbocycles. The van der Waals surface area contributed by atoms with Crippen LogP contribution in [0.5, 0.6) is 0 Å². The van der Waals surface area contributed by atoms with Crippen molar-refractivity contribution in [3.05, 3.63) is 59.0 Å². The van der Waals surface area contributed by atoms with Crippen molar-refractivity contribution in [2.75, 3.05) is 26.7 Å². The number of halogens is 1. The van der Waals surface area contributed by atoms with Gasteiger partial charge < -0.3 is 19.4 Å². The highest BCUT2D eigenvalue weighted by molar-refractivity contribution is 14.0. The van der Waals surface area contributed by atoms with E-state index in [4.69, 9.17) is 9.15 Å². The summed E-state index contributed by atoms with van der Waals surface area (Å²) in [5.74, 6) is 1.78. The van der Waals surface area contributed by atoms with Crippen LogP contribution in [-0.2, 0) is 11.3 Å². The quantitative estimate of drug-likeness (QED) is 0.436.